The largest absolute Gasteiger partial charge is 0.510 e. The molecule has 0 spiro atoms. The Morgan fingerprint density at radius 3 is 1.81 bits per heavy atom. The van der Waals surface area contributed by atoms with Gasteiger partial charge in [0.15, 0.2) is 5.78 Å². The topological polar surface area (TPSA) is 113 Å². The standard InChI is InChI=1S/C24H16Cl4N4O4/c1-9-17(23(35)31(29-9)15-7-11(25)3-5-13(15)27)19-21(33)20(22(19)34)18-10(2)30-32(24(18)36)16-8-12(26)4-6-14(16)28/h3-8,19,29-30,33H,1-2H3. The number of benzene rings is 2. The number of H-pyrrole nitrogens is 2. The van der Waals surface area contributed by atoms with E-state index in [1.807, 2.05) is 0 Å². The van der Waals surface area contributed by atoms with E-state index in [-0.39, 0.29) is 38.2 Å². The minimum absolute atomic E-state index is 0.0174. The summed E-state index contributed by atoms with van der Waals surface area (Å²) in [6.07, 6.45) is 0. The second kappa shape index (κ2) is 8.74. The average molecular weight is 566 g/mol. The molecule has 1 aliphatic carbocycles. The second-order valence-corrected chi connectivity index (χ2v) is 9.98. The van der Waals surface area contributed by atoms with E-state index in [1.54, 1.807) is 26.0 Å². The van der Waals surface area contributed by atoms with Gasteiger partial charge < -0.3 is 5.11 Å². The van der Waals surface area contributed by atoms with E-state index in [2.05, 4.69) is 10.2 Å². The molecule has 0 fully saturated rings. The summed E-state index contributed by atoms with van der Waals surface area (Å²) in [4.78, 5) is 39.8. The van der Waals surface area contributed by atoms with Gasteiger partial charge in [-0.05, 0) is 50.2 Å². The van der Waals surface area contributed by atoms with Crippen LogP contribution in [0.1, 0.15) is 28.4 Å². The molecule has 36 heavy (non-hydrogen) atoms. The van der Waals surface area contributed by atoms with Crippen LogP contribution in [-0.2, 0) is 4.79 Å². The zero-order valence-electron chi connectivity index (χ0n) is 18.6. The van der Waals surface area contributed by atoms with Gasteiger partial charge in [0, 0.05) is 21.4 Å². The second-order valence-electron chi connectivity index (χ2n) is 8.29. The molecule has 1 aliphatic rings. The quantitative estimate of drug-likeness (QED) is 0.303. The smallest absolute Gasteiger partial charge is 0.279 e. The van der Waals surface area contributed by atoms with Crippen molar-refractivity contribution >= 4 is 57.8 Å². The number of allylic oxidation sites excluding steroid dienone is 2. The number of ketones is 1. The number of Topliss-reactive ketones (excluding diaryl/α,β-unsaturated/α-hetero) is 1. The Kier molecular flexibility index (Phi) is 5.95. The molecular weight excluding hydrogens is 550 g/mol. The third-order valence-corrected chi connectivity index (χ3v) is 7.17. The predicted molar refractivity (Wildman–Crippen MR) is 140 cm³/mol. The van der Waals surface area contributed by atoms with Crippen molar-refractivity contribution in [3.8, 4) is 11.4 Å². The third-order valence-electron chi connectivity index (χ3n) is 6.06. The van der Waals surface area contributed by atoms with Crippen LogP contribution in [0.25, 0.3) is 16.9 Å². The van der Waals surface area contributed by atoms with Crippen LogP contribution in [0.3, 0.4) is 0 Å². The minimum atomic E-state index is -1.24. The molecule has 8 nitrogen and oxygen atoms in total. The van der Waals surface area contributed by atoms with Crippen molar-refractivity contribution in [2.24, 2.45) is 0 Å². The molecule has 0 saturated carbocycles. The molecule has 1 atom stereocenters. The summed E-state index contributed by atoms with van der Waals surface area (Å²) in [5, 5.41) is 17.9. The summed E-state index contributed by atoms with van der Waals surface area (Å²) >= 11 is 24.6. The first-order chi connectivity index (χ1) is 17.0. The summed E-state index contributed by atoms with van der Waals surface area (Å²) in [5.41, 5.74) is -0.0417. The molecule has 4 aromatic rings. The number of halogens is 4. The maximum Gasteiger partial charge on any atom is 0.279 e. The Balaban J connectivity index is 1.61. The van der Waals surface area contributed by atoms with Crippen LogP contribution >= 0.6 is 46.4 Å². The van der Waals surface area contributed by atoms with Crippen molar-refractivity contribution in [3.05, 3.63) is 105 Å². The van der Waals surface area contributed by atoms with Gasteiger partial charge in [-0.3, -0.25) is 24.6 Å². The number of carbonyl (C=O) groups excluding carboxylic acids is 1. The van der Waals surface area contributed by atoms with Crippen LogP contribution in [0.4, 0.5) is 0 Å². The molecule has 0 radical (unpaired) electrons. The van der Waals surface area contributed by atoms with Gasteiger partial charge in [0.1, 0.15) is 11.7 Å². The first kappa shape index (κ1) is 24.5. The molecule has 1 unspecified atom stereocenters. The number of nitrogens with one attached hydrogen (secondary N) is 2. The predicted octanol–water partition coefficient (Wildman–Crippen LogP) is 5.51. The normalized spacial score (nSPS) is 15.5. The zero-order valence-corrected chi connectivity index (χ0v) is 21.6. The van der Waals surface area contributed by atoms with Crippen molar-refractivity contribution in [1.29, 1.82) is 0 Å². The van der Waals surface area contributed by atoms with Crippen LogP contribution in [0.5, 0.6) is 0 Å². The Hall–Kier alpha value is -3.17. The number of nitrogens with zero attached hydrogens (tertiary/aromatic N) is 2. The lowest BCUT2D eigenvalue weighted by molar-refractivity contribution is -0.116. The average Bonchev–Trinajstić information content (AvgIpc) is 3.27. The fourth-order valence-corrected chi connectivity index (χ4v) is 5.11. The summed E-state index contributed by atoms with van der Waals surface area (Å²) in [6, 6.07) is 9.23. The summed E-state index contributed by atoms with van der Waals surface area (Å²) in [7, 11) is 0. The first-order valence-corrected chi connectivity index (χ1v) is 12.0. The highest BCUT2D eigenvalue weighted by Gasteiger charge is 2.46. The number of rotatable bonds is 4. The van der Waals surface area contributed by atoms with Gasteiger partial charge in [-0.2, -0.15) is 0 Å². The maximum absolute atomic E-state index is 13.3. The third kappa shape index (κ3) is 3.64. The van der Waals surface area contributed by atoms with Gasteiger partial charge >= 0.3 is 0 Å². The highest BCUT2D eigenvalue weighted by molar-refractivity contribution is 6.35. The number of aliphatic hydroxyl groups is 1. The minimum Gasteiger partial charge on any atom is -0.510 e. The summed E-state index contributed by atoms with van der Waals surface area (Å²) < 4.78 is 2.31. The summed E-state index contributed by atoms with van der Waals surface area (Å²) in [5.74, 6) is -2.19. The van der Waals surface area contributed by atoms with Crippen molar-refractivity contribution in [2.45, 2.75) is 19.8 Å². The fraction of sp³-hybridized carbons (Fsp3) is 0.125. The van der Waals surface area contributed by atoms with Crippen LogP contribution in [0, 0.1) is 13.8 Å². The number of aromatic nitrogens is 4. The fourth-order valence-electron chi connectivity index (χ4n) is 4.37. The van der Waals surface area contributed by atoms with E-state index in [0.29, 0.717) is 27.1 Å². The SMILES string of the molecule is Cc1[nH]n(-c2cc(Cl)ccc2Cl)c(=O)c1C1=C(O)C(c2c(C)[nH]n(-c3cc(Cl)ccc3Cl)c2=O)C1=O. The Bertz CT molecular complexity index is 1740. The van der Waals surface area contributed by atoms with E-state index < -0.39 is 22.8 Å². The highest BCUT2D eigenvalue weighted by Crippen LogP contribution is 2.43. The molecule has 0 aliphatic heterocycles. The highest BCUT2D eigenvalue weighted by atomic mass is 35.5. The molecule has 5 rings (SSSR count). The van der Waals surface area contributed by atoms with Crippen LogP contribution in [0.15, 0.2) is 51.7 Å². The van der Waals surface area contributed by atoms with Crippen LogP contribution in [0.2, 0.25) is 20.1 Å². The lowest BCUT2D eigenvalue weighted by atomic mass is 9.75. The molecule has 2 aromatic heterocycles. The lowest BCUT2D eigenvalue weighted by Crippen LogP contribution is -2.35. The van der Waals surface area contributed by atoms with Crippen LogP contribution < -0.4 is 11.1 Å². The monoisotopic (exact) mass is 564 g/mol. The van der Waals surface area contributed by atoms with E-state index in [9.17, 15) is 19.5 Å². The van der Waals surface area contributed by atoms with Crippen molar-refractivity contribution in [1.82, 2.24) is 19.6 Å². The Labute approximate surface area is 223 Å². The van der Waals surface area contributed by atoms with Crippen molar-refractivity contribution < 1.29 is 9.90 Å². The number of hydrogen-bond acceptors (Lipinski definition) is 4. The molecule has 12 heteroatoms. The molecule has 184 valence electrons. The molecule has 0 bridgehead atoms. The Morgan fingerprint density at radius 1 is 0.778 bits per heavy atom. The Morgan fingerprint density at radius 2 is 1.28 bits per heavy atom. The maximum atomic E-state index is 13.3. The van der Waals surface area contributed by atoms with Crippen molar-refractivity contribution in [2.75, 3.05) is 0 Å². The van der Waals surface area contributed by atoms with Gasteiger partial charge in [-0.1, -0.05) is 46.4 Å². The van der Waals surface area contributed by atoms with Gasteiger partial charge in [0.25, 0.3) is 11.1 Å². The molecular formula is C24H16Cl4N4O4. The van der Waals surface area contributed by atoms with Gasteiger partial charge in [0.05, 0.1) is 38.1 Å². The first-order valence-electron chi connectivity index (χ1n) is 10.5. The van der Waals surface area contributed by atoms with E-state index in [1.165, 1.54) is 24.3 Å². The number of aromatic amines is 2. The van der Waals surface area contributed by atoms with Gasteiger partial charge in [0.2, 0.25) is 0 Å². The van der Waals surface area contributed by atoms with Gasteiger partial charge in [-0.15, -0.1) is 0 Å². The van der Waals surface area contributed by atoms with E-state index in [4.69, 9.17) is 46.4 Å². The number of aryl methyl sites for hydroxylation is 2. The molecule has 2 heterocycles. The van der Waals surface area contributed by atoms with E-state index >= 15 is 0 Å². The lowest BCUT2D eigenvalue weighted by Gasteiger charge is -2.26. The molecule has 0 amide bonds. The summed E-state index contributed by atoms with van der Waals surface area (Å²) in [6.45, 7) is 3.18. The van der Waals surface area contributed by atoms with Crippen molar-refractivity contribution in [3.63, 3.8) is 0 Å². The molecule has 3 N–H and O–H groups in total. The number of aliphatic hydroxyl groups excluding tert-OH is 1. The number of carbonyl (C=O) groups is 1. The van der Waals surface area contributed by atoms with Gasteiger partial charge in [-0.25, -0.2) is 9.36 Å². The molecule has 0 saturated heterocycles. The number of hydrogen-bond donors (Lipinski definition) is 3. The van der Waals surface area contributed by atoms with E-state index in [0.717, 1.165) is 9.36 Å². The zero-order chi connectivity index (χ0) is 26.0. The molecule has 2 aromatic carbocycles. The van der Waals surface area contributed by atoms with Crippen LogP contribution in [-0.4, -0.2) is 30.5 Å².